The van der Waals surface area contributed by atoms with Gasteiger partial charge in [0, 0.05) is 37.5 Å². The lowest BCUT2D eigenvalue weighted by atomic mass is 9.49. The standard InChI is InChI=1S/C24H36O7/c1-11-10-16(30-13(3)25)19-21(31-14(4)26)18-12(2)15(27)8-9-24(18,7)22(29)20(28)17(11)23(19,5)6/h15-16,18-22,27-29H,2,8-10H2,1,3-7H3/t15-,16-,18-,19-,20+,21-,22-,24+/m0/s1. The van der Waals surface area contributed by atoms with E-state index in [-0.39, 0.29) is 0 Å². The van der Waals surface area contributed by atoms with Gasteiger partial charge in [-0.15, -0.1) is 0 Å². The van der Waals surface area contributed by atoms with E-state index in [4.69, 9.17) is 9.47 Å². The number of fused-ring (bicyclic) bond motifs is 3. The Bertz CT molecular complexity index is 813. The Morgan fingerprint density at radius 1 is 1.06 bits per heavy atom. The van der Waals surface area contributed by atoms with Gasteiger partial charge in [-0.3, -0.25) is 9.59 Å². The lowest BCUT2D eigenvalue weighted by Gasteiger charge is -2.59. The number of aliphatic hydroxyl groups excluding tert-OH is 3. The average Bonchev–Trinajstić information content (AvgIpc) is 2.61. The Morgan fingerprint density at radius 3 is 2.19 bits per heavy atom. The number of ether oxygens (including phenoxy) is 2. The summed E-state index contributed by atoms with van der Waals surface area (Å²) in [6, 6.07) is 0. The Kier molecular flexibility index (Phi) is 6.19. The molecule has 3 aliphatic rings. The zero-order valence-electron chi connectivity index (χ0n) is 19.3. The summed E-state index contributed by atoms with van der Waals surface area (Å²) in [5, 5.41) is 33.4. The van der Waals surface area contributed by atoms with E-state index >= 15 is 0 Å². The van der Waals surface area contributed by atoms with Gasteiger partial charge >= 0.3 is 11.9 Å². The van der Waals surface area contributed by atoms with E-state index < -0.39 is 65.1 Å². The lowest BCUT2D eigenvalue weighted by molar-refractivity contribution is -0.196. The minimum atomic E-state index is -1.14. The van der Waals surface area contributed by atoms with Gasteiger partial charge in [0.2, 0.25) is 0 Å². The van der Waals surface area contributed by atoms with Crippen molar-refractivity contribution in [2.24, 2.45) is 22.7 Å². The van der Waals surface area contributed by atoms with E-state index in [1.54, 1.807) is 0 Å². The fourth-order valence-electron chi connectivity index (χ4n) is 6.71. The first-order valence-corrected chi connectivity index (χ1v) is 11.0. The van der Waals surface area contributed by atoms with Crippen molar-refractivity contribution in [3.05, 3.63) is 23.3 Å². The molecular weight excluding hydrogens is 400 g/mol. The third kappa shape index (κ3) is 3.74. The molecule has 0 spiro atoms. The highest BCUT2D eigenvalue weighted by atomic mass is 16.6. The number of hydrogen-bond donors (Lipinski definition) is 3. The van der Waals surface area contributed by atoms with Crippen molar-refractivity contribution < 1.29 is 34.4 Å². The largest absolute Gasteiger partial charge is 0.462 e. The van der Waals surface area contributed by atoms with Gasteiger partial charge in [0.25, 0.3) is 0 Å². The molecule has 0 unspecified atom stereocenters. The molecule has 3 aliphatic carbocycles. The van der Waals surface area contributed by atoms with E-state index in [9.17, 15) is 24.9 Å². The van der Waals surface area contributed by atoms with Crippen molar-refractivity contribution >= 4 is 11.9 Å². The number of hydrogen-bond acceptors (Lipinski definition) is 7. The molecule has 0 radical (unpaired) electrons. The van der Waals surface area contributed by atoms with E-state index in [0.717, 1.165) is 5.57 Å². The molecule has 0 aromatic carbocycles. The van der Waals surface area contributed by atoms with Crippen LogP contribution in [0.3, 0.4) is 0 Å². The van der Waals surface area contributed by atoms with Gasteiger partial charge in [0.15, 0.2) is 0 Å². The van der Waals surface area contributed by atoms with Crippen LogP contribution >= 0.6 is 0 Å². The van der Waals surface area contributed by atoms with Crippen LogP contribution in [0.5, 0.6) is 0 Å². The first kappa shape index (κ1) is 24.0. The van der Waals surface area contributed by atoms with Gasteiger partial charge in [-0.25, -0.2) is 0 Å². The zero-order chi connectivity index (χ0) is 23.5. The average molecular weight is 437 g/mol. The summed E-state index contributed by atoms with van der Waals surface area (Å²) in [5.74, 6) is -2.05. The summed E-state index contributed by atoms with van der Waals surface area (Å²) in [7, 11) is 0. The van der Waals surface area contributed by atoms with Gasteiger partial charge in [0.1, 0.15) is 18.3 Å². The smallest absolute Gasteiger partial charge is 0.302 e. The van der Waals surface area contributed by atoms with E-state index in [2.05, 4.69) is 6.58 Å². The van der Waals surface area contributed by atoms with Gasteiger partial charge < -0.3 is 24.8 Å². The quantitative estimate of drug-likeness (QED) is 0.450. The van der Waals surface area contributed by atoms with Crippen molar-refractivity contribution in [1.29, 1.82) is 0 Å². The molecule has 2 fully saturated rings. The first-order valence-electron chi connectivity index (χ1n) is 11.0. The van der Waals surface area contributed by atoms with Gasteiger partial charge in [0.05, 0.1) is 12.2 Å². The van der Waals surface area contributed by atoms with Gasteiger partial charge in [-0.05, 0) is 36.3 Å². The second kappa shape index (κ2) is 8.01. The maximum atomic E-state index is 12.2. The van der Waals surface area contributed by atoms with Crippen molar-refractivity contribution in [3.63, 3.8) is 0 Å². The van der Waals surface area contributed by atoms with E-state index in [0.29, 0.717) is 30.4 Å². The molecule has 0 aromatic heterocycles. The Morgan fingerprint density at radius 2 is 1.65 bits per heavy atom. The molecule has 7 nitrogen and oxygen atoms in total. The molecule has 0 aliphatic heterocycles. The maximum Gasteiger partial charge on any atom is 0.302 e. The summed E-state index contributed by atoms with van der Waals surface area (Å²) >= 11 is 0. The molecule has 3 rings (SSSR count). The molecule has 0 aromatic rings. The van der Waals surface area contributed by atoms with Crippen LogP contribution in [0.1, 0.15) is 60.8 Å². The Labute approximate surface area is 184 Å². The van der Waals surface area contributed by atoms with Gasteiger partial charge in [-0.2, -0.15) is 0 Å². The van der Waals surface area contributed by atoms with Crippen molar-refractivity contribution in [3.8, 4) is 0 Å². The summed E-state index contributed by atoms with van der Waals surface area (Å²) in [6.45, 7) is 14.4. The number of carbonyl (C=O) groups is 2. The highest BCUT2D eigenvalue weighted by Gasteiger charge is 2.63. The van der Waals surface area contributed by atoms with Crippen LogP contribution in [0.2, 0.25) is 0 Å². The zero-order valence-corrected chi connectivity index (χ0v) is 19.3. The summed E-state index contributed by atoms with van der Waals surface area (Å²) in [6.07, 6.45) is -3.29. The molecule has 0 amide bonds. The number of rotatable bonds is 2. The molecular formula is C24H36O7. The Hall–Kier alpha value is -1.70. The third-order valence-electron chi connectivity index (χ3n) is 7.96. The maximum absolute atomic E-state index is 12.2. The Balaban J connectivity index is 2.31. The van der Waals surface area contributed by atoms with Crippen LogP contribution in [0.4, 0.5) is 0 Å². The molecule has 0 saturated heterocycles. The van der Waals surface area contributed by atoms with Crippen molar-refractivity contribution in [1.82, 2.24) is 0 Å². The highest BCUT2D eigenvalue weighted by molar-refractivity contribution is 5.67. The number of carbonyl (C=O) groups excluding carboxylic acids is 2. The lowest BCUT2D eigenvalue weighted by Crippen LogP contribution is -2.64. The monoisotopic (exact) mass is 436 g/mol. The second-order valence-corrected chi connectivity index (χ2v) is 10.4. The molecule has 174 valence electrons. The van der Waals surface area contributed by atoms with Crippen molar-refractivity contribution in [2.45, 2.75) is 91.3 Å². The van der Waals surface area contributed by atoms with Crippen LogP contribution < -0.4 is 0 Å². The molecule has 2 saturated carbocycles. The predicted octanol–water partition coefficient (Wildman–Crippen LogP) is 2.28. The van der Waals surface area contributed by atoms with Crippen molar-refractivity contribution in [2.75, 3.05) is 0 Å². The minimum Gasteiger partial charge on any atom is -0.462 e. The molecule has 7 heteroatoms. The van der Waals surface area contributed by atoms with E-state index in [1.807, 2.05) is 27.7 Å². The summed E-state index contributed by atoms with van der Waals surface area (Å²) in [5.41, 5.74) is 0.374. The minimum absolute atomic E-state index is 0.364. The van der Waals surface area contributed by atoms with Crippen LogP contribution in [0, 0.1) is 22.7 Å². The fraction of sp³-hybridized carbons (Fsp3) is 0.750. The van der Waals surface area contributed by atoms with Crippen LogP contribution in [0.25, 0.3) is 0 Å². The van der Waals surface area contributed by atoms with Crippen LogP contribution in [-0.4, -0.2) is 57.8 Å². The van der Waals surface area contributed by atoms with Gasteiger partial charge in [-0.1, -0.05) is 32.9 Å². The normalized spacial score (nSPS) is 42.2. The summed E-state index contributed by atoms with van der Waals surface area (Å²) in [4.78, 5) is 24.2. The second-order valence-electron chi connectivity index (χ2n) is 10.4. The van der Waals surface area contributed by atoms with Crippen LogP contribution in [-0.2, 0) is 19.1 Å². The molecule has 8 atom stereocenters. The number of aliphatic hydroxyl groups is 3. The topological polar surface area (TPSA) is 113 Å². The SMILES string of the molecule is C=C1[C@@H](O)CC[C@@]2(C)[C@@H](O)[C@H](O)C3=C(C)C[C@H](OC(C)=O)[C@@H]([C@@H](OC(C)=O)[C@H]12)C3(C)C. The van der Waals surface area contributed by atoms with Crippen LogP contribution in [0.15, 0.2) is 23.3 Å². The molecule has 2 bridgehead atoms. The highest BCUT2D eigenvalue weighted by Crippen LogP contribution is 2.59. The third-order valence-corrected chi connectivity index (χ3v) is 7.96. The molecule has 31 heavy (non-hydrogen) atoms. The van der Waals surface area contributed by atoms with E-state index in [1.165, 1.54) is 13.8 Å². The summed E-state index contributed by atoms with van der Waals surface area (Å²) < 4.78 is 11.6. The first-order chi connectivity index (χ1) is 14.2. The molecule has 3 N–H and O–H groups in total. The molecule has 0 heterocycles. The fourth-order valence-corrected chi connectivity index (χ4v) is 6.71. The number of esters is 2. The predicted molar refractivity (Wildman–Crippen MR) is 114 cm³/mol.